The van der Waals surface area contributed by atoms with Gasteiger partial charge in [0, 0.05) is 100 Å². The van der Waals surface area contributed by atoms with Crippen LogP contribution in [0, 0.1) is 0 Å². The molecule has 0 atom stereocenters. The molecule has 0 aliphatic heterocycles. The van der Waals surface area contributed by atoms with Gasteiger partial charge in [0.15, 0.2) is 0 Å². The first-order valence-corrected chi connectivity index (χ1v) is 50.4. The maximum absolute atomic E-state index is 6.66. The summed E-state index contributed by atoms with van der Waals surface area (Å²) in [6, 6.07) is 96.9. The van der Waals surface area contributed by atoms with Crippen LogP contribution in [0.4, 0.5) is 0 Å². The highest BCUT2D eigenvalue weighted by atomic mass is 16.4. The molecule has 9 heterocycles. The Morgan fingerprint density at radius 2 is 0.211 bits per heavy atom. The van der Waals surface area contributed by atoms with Crippen molar-refractivity contribution in [2.75, 3.05) is 0 Å². The van der Waals surface area contributed by atoms with Crippen molar-refractivity contribution in [1.29, 1.82) is 0 Å². The first kappa shape index (κ1) is 94.0. The van der Waals surface area contributed by atoms with Gasteiger partial charge in [0.05, 0.1) is 0 Å². The molecule has 13 aromatic carbocycles. The first-order valence-electron chi connectivity index (χ1n) is 50.4. The SMILES string of the molecule is CCCCc1ccc(-c2nnc(-c3cc(-c4nnc(-c5ccc(CCCC)cc5)o4)cc(-c4nnc(-c5ccc(-c6cc(-c7ccc(-c8nnc(-c9cc(-c%10nnc(-c%11ccc(CCCC)cc%11)o%10)cc(-c%10nnc(-c%11ccc(CCCC)cc%11)o%10)c9)o8)cc7)cc(-c7ccc(-c8nnc(-c9cc(-c%10nnc(-c%11ccc(CCCC)cc%11)o%10)cc(-c%10nnc(-c%11ccc(CCCC)cc%11)o%10)c9)o8)cc7)c6)cc5)o4)c3)o2)cc1. The van der Waals surface area contributed by atoms with Crippen LogP contribution in [0.3, 0.4) is 0 Å². The second kappa shape index (κ2) is 43.1. The molecular formula is C120H102N18O9. The van der Waals surface area contributed by atoms with Crippen LogP contribution >= 0.6 is 0 Å². The number of aryl methyl sites for hydroxylation is 6. The minimum Gasteiger partial charge on any atom is -0.416 e. The fourth-order valence-corrected chi connectivity index (χ4v) is 17.8. The lowest BCUT2D eigenvalue weighted by Gasteiger charge is -2.12. The van der Waals surface area contributed by atoms with Gasteiger partial charge in [0.25, 0.3) is 0 Å². The van der Waals surface area contributed by atoms with Crippen molar-refractivity contribution in [3.63, 3.8) is 0 Å². The topological polar surface area (TPSA) is 350 Å². The lowest BCUT2D eigenvalue weighted by molar-refractivity contribution is 0.579. The van der Waals surface area contributed by atoms with Gasteiger partial charge in [0.1, 0.15) is 0 Å². The van der Waals surface area contributed by atoms with Gasteiger partial charge < -0.3 is 39.8 Å². The van der Waals surface area contributed by atoms with Gasteiger partial charge in [-0.15, -0.1) is 91.8 Å². The quantitative estimate of drug-likeness (QED) is 0.0345. The van der Waals surface area contributed by atoms with Crippen LogP contribution in [0.25, 0.3) is 240 Å². The normalized spacial score (nSPS) is 11.6. The van der Waals surface area contributed by atoms with Crippen LogP contribution in [-0.4, -0.2) is 91.8 Å². The molecule has 0 aliphatic rings. The number of rotatable bonds is 39. The highest BCUT2D eigenvalue weighted by Gasteiger charge is 2.27. The summed E-state index contributed by atoms with van der Waals surface area (Å²) in [7, 11) is 0. The monoisotopic (exact) mass is 1940 g/mol. The van der Waals surface area contributed by atoms with Gasteiger partial charge in [-0.05, 0) is 326 Å². The number of hydrogen-bond acceptors (Lipinski definition) is 27. The van der Waals surface area contributed by atoms with Crippen molar-refractivity contribution >= 4 is 0 Å². The minimum absolute atomic E-state index is 0.226. The lowest BCUT2D eigenvalue weighted by Crippen LogP contribution is -1.88. The van der Waals surface area contributed by atoms with E-state index in [0.29, 0.717) is 102 Å². The highest BCUT2D eigenvalue weighted by Crippen LogP contribution is 2.44. The zero-order valence-corrected chi connectivity index (χ0v) is 82.2. The Hall–Kier alpha value is -17.9. The van der Waals surface area contributed by atoms with Gasteiger partial charge in [-0.3, -0.25) is 0 Å². The molecule has 0 saturated carbocycles. The number of benzene rings is 13. The molecule has 9 aromatic heterocycles. The standard InChI is InChI=1S/C120H102N18O9/c1-7-13-19-73-25-37-82(38-26-73)103-121-130-112(139-103)94-64-95(113-131-122-104(140-113)83-39-27-74(28-40-83)20-14-8-2)68-100(67-94)118-136-127-109(145-118)88-55-49-79(50-56-88)91-61-92(80-51-57-89(58-52-80)110-128-137-119(146-110)101-69-96(114-132-123-105(141-114)84-41-29-75(30-42-84)21-15-9-3)65-97(70-101)115-133-124-106(142-115)85-43-31-76(32-44-85)22-16-10-4)63-93(62-91)81-53-59-90(60-54-81)111-129-138-120(147-111)102-71-98(116-134-125-107(143-116)86-45-33-77(34-46-86)23-17-11-5)66-99(72-102)117-135-126-108(144-117)87-47-35-78(36-48-87)24-18-12-6/h25-72H,7-24H2,1-6H3. The molecule has 147 heavy (non-hydrogen) atoms. The third-order valence-corrected chi connectivity index (χ3v) is 26.3. The summed E-state index contributed by atoms with van der Waals surface area (Å²) in [5, 5.41) is 82.4. The van der Waals surface area contributed by atoms with Gasteiger partial charge in [0.2, 0.25) is 106 Å². The number of unbranched alkanes of at least 4 members (excludes halogenated alkanes) is 6. The fraction of sp³-hybridized carbons (Fsp3) is 0.200. The van der Waals surface area contributed by atoms with E-state index in [2.05, 4.69) is 224 Å². The molecule has 726 valence electrons. The van der Waals surface area contributed by atoms with Gasteiger partial charge >= 0.3 is 0 Å². The Balaban J connectivity index is 0.586. The number of hydrogen-bond donors (Lipinski definition) is 0. The predicted octanol–water partition coefficient (Wildman–Crippen LogP) is 30.2. The zero-order chi connectivity index (χ0) is 99.5. The van der Waals surface area contributed by atoms with Crippen LogP contribution in [0.15, 0.2) is 331 Å². The summed E-state index contributed by atoms with van der Waals surface area (Å²) in [5.41, 5.74) is 24.8. The van der Waals surface area contributed by atoms with E-state index in [0.717, 1.165) is 182 Å². The molecule has 0 amide bonds. The molecule has 0 N–H and O–H groups in total. The van der Waals surface area contributed by atoms with Gasteiger partial charge in [-0.25, -0.2) is 0 Å². The highest BCUT2D eigenvalue weighted by molar-refractivity contribution is 5.85. The smallest absolute Gasteiger partial charge is 0.248 e. The molecule has 0 aliphatic carbocycles. The van der Waals surface area contributed by atoms with E-state index in [4.69, 9.17) is 39.8 Å². The van der Waals surface area contributed by atoms with E-state index in [1.54, 1.807) is 0 Å². The van der Waals surface area contributed by atoms with E-state index in [-0.39, 0.29) is 70.7 Å². The third kappa shape index (κ3) is 21.3. The first-order chi connectivity index (χ1) is 72.4. The Morgan fingerprint density at radius 1 is 0.116 bits per heavy atom. The average molecular weight is 1940 g/mol. The number of aromatic nitrogens is 18. The summed E-state index contributed by atoms with van der Waals surface area (Å²) in [6.07, 6.45) is 19.2. The Morgan fingerprint density at radius 3 is 0.327 bits per heavy atom. The van der Waals surface area contributed by atoms with Crippen molar-refractivity contribution < 1.29 is 39.8 Å². The summed E-state index contributed by atoms with van der Waals surface area (Å²) in [6.45, 7) is 13.1. The molecule has 27 nitrogen and oxygen atoms in total. The van der Waals surface area contributed by atoms with E-state index >= 15 is 0 Å². The lowest BCUT2D eigenvalue weighted by atomic mass is 9.92. The molecular weight excluding hydrogens is 1840 g/mol. The van der Waals surface area contributed by atoms with Gasteiger partial charge in [-0.2, -0.15) is 0 Å². The molecule has 0 saturated heterocycles. The van der Waals surface area contributed by atoms with Crippen molar-refractivity contribution in [2.24, 2.45) is 0 Å². The number of nitrogens with zero attached hydrogens (tertiary/aromatic N) is 18. The van der Waals surface area contributed by atoms with E-state index < -0.39 is 0 Å². The van der Waals surface area contributed by atoms with Crippen molar-refractivity contribution in [1.82, 2.24) is 91.8 Å². The van der Waals surface area contributed by atoms with Crippen molar-refractivity contribution in [3.05, 3.63) is 325 Å². The molecule has 0 radical (unpaired) electrons. The van der Waals surface area contributed by atoms with Crippen LogP contribution in [-0.2, 0) is 38.5 Å². The molecule has 0 spiro atoms. The Labute approximate surface area is 847 Å². The minimum atomic E-state index is 0.226. The van der Waals surface area contributed by atoms with Crippen LogP contribution < -0.4 is 0 Å². The molecule has 0 bridgehead atoms. The summed E-state index contributed by atoms with van der Waals surface area (Å²) in [5.74, 6) is 5.37. The fourth-order valence-electron chi connectivity index (χ4n) is 17.8. The summed E-state index contributed by atoms with van der Waals surface area (Å²) < 4.78 is 58.7. The van der Waals surface area contributed by atoms with Crippen molar-refractivity contribution in [2.45, 2.75) is 157 Å². The van der Waals surface area contributed by atoms with Crippen LogP contribution in [0.2, 0.25) is 0 Å². The predicted molar refractivity (Wildman–Crippen MR) is 563 cm³/mol. The van der Waals surface area contributed by atoms with E-state index in [1.807, 2.05) is 200 Å². The van der Waals surface area contributed by atoms with Crippen molar-refractivity contribution in [3.8, 4) is 240 Å². The maximum Gasteiger partial charge on any atom is 0.248 e. The Bertz CT molecular complexity index is 7180. The molecule has 0 fully saturated rings. The van der Waals surface area contributed by atoms with Crippen LogP contribution in [0.5, 0.6) is 0 Å². The average Bonchev–Trinajstić information content (AvgIpc) is 1.60. The second-order valence-electron chi connectivity index (χ2n) is 36.9. The maximum atomic E-state index is 6.66. The summed E-state index contributed by atoms with van der Waals surface area (Å²) >= 11 is 0. The molecule has 22 aromatic rings. The zero-order valence-electron chi connectivity index (χ0n) is 82.2. The van der Waals surface area contributed by atoms with Gasteiger partial charge in [-0.1, -0.05) is 189 Å². The molecule has 22 rings (SSSR count). The second-order valence-corrected chi connectivity index (χ2v) is 36.9. The van der Waals surface area contributed by atoms with E-state index in [9.17, 15) is 0 Å². The third-order valence-electron chi connectivity index (χ3n) is 26.3. The Kier molecular flexibility index (Phi) is 27.6. The molecule has 0 unspecified atom stereocenters. The molecule has 27 heteroatoms. The largest absolute Gasteiger partial charge is 0.416 e. The van der Waals surface area contributed by atoms with Crippen LogP contribution in [0.1, 0.15) is 152 Å². The van der Waals surface area contributed by atoms with E-state index in [1.165, 1.54) is 33.4 Å². The summed E-state index contributed by atoms with van der Waals surface area (Å²) in [4.78, 5) is 0.